The number of aliphatic hydroxyl groups excluding tert-OH is 1. The van der Waals surface area contributed by atoms with Crippen LogP contribution in [-0.2, 0) is 6.42 Å². The van der Waals surface area contributed by atoms with Crippen molar-refractivity contribution in [2.24, 2.45) is 5.92 Å². The third-order valence-corrected chi connectivity index (χ3v) is 4.06. The number of rotatable bonds is 2. The van der Waals surface area contributed by atoms with E-state index < -0.39 is 0 Å². The molecule has 1 N–H and O–H groups in total. The van der Waals surface area contributed by atoms with Crippen molar-refractivity contribution in [2.45, 2.75) is 31.7 Å². The summed E-state index contributed by atoms with van der Waals surface area (Å²) in [5.74, 6) is 0.555. The van der Waals surface area contributed by atoms with Gasteiger partial charge in [0.25, 0.3) is 0 Å². The molecule has 0 radical (unpaired) electrons. The summed E-state index contributed by atoms with van der Waals surface area (Å²) in [6.45, 7) is 1.56. The molecule has 0 atom stereocenters. The number of aliphatic hydroxyl groups is 1. The van der Waals surface area contributed by atoms with Gasteiger partial charge in [-0.3, -0.25) is 0 Å². The molecule has 1 fully saturated rings. The first-order chi connectivity index (χ1) is 7.88. The molecule has 0 amide bonds. The maximum Gasteiger partial charge on any atom is 0.0460 e. The van der Waals surface area contributed by atoms with Gasteiger partial charge in [-0.25, -0.2) is 0 Å². The van der Waals surface area contributed by atoms with Gasteiger partial charge in [-0.15, -0.1) is 0 Å². The molecule has 1 aliphatic heterocycles. The lowest BCUT2D eigenvalue weighted by atomic mass is 9.79. The van der Waals surface area contributed by atoms with E-state index in [0.717, 1.165) is 0 Å². The van der Waals surface area contributed by atoms with Crippen molar-refractivity contribution in [3.8, 4) is 0 Å². The summed E-state index contributed by atoms with van der Waals surface area (Å²) in [5.41, 5.74) is 2.94. The van der Waals surface area contributed by atoms with E-state index in [2.05, 4.69) is 29.2 Å². The highest BCUT2D eigenvalue weighted by atomic mass is 16.3. The average molecular weight is 217 g/mol. The topological polar surface area (TPSA) is 23.5 Å². The minimum Gasteiger partial charge on any atom is -0.396 e. The second-order valence-electron chi connectivity index (χ2n) is 5.10. The Hall–Kier alpha value is -1.02. The van der Waals surface area contributed by atoms with Gasteiger partial charge in [-0.1, -0.05) is 18.2 Å². The van der Waals surface area contributed by atoms with Crippen molar-refractivity contribution in [3.05, 3.63) is 29.8 Å². The second-order valence-corrected chi connectivity index (χ2v) is 5.10. The maximum absolute atomic E-state index is 9.08. The fourth-order valence-corrected chi connectivity index (χ4v) is 3.05. The summed E-state index contributed by atoms with van der Waals surface area (Å²) in [5, 5.41) is 9.08. The fourth-order valence-electron chi connectivity index (χ4n) is 3.05. The van der Waals surface area contributed by atoms with Gasteiger partial charge < -0.3 is 10.0 Å². The lowest BCUT2D eigenvalue weighted by molar-refractivity contribution is 0.139. The molecule has 16 heavy (non-hydrogen) atoms. The Balaban J connectivity index is 1.78. The van der Waals surface area contributed by atoms with Crippen LogP contribution in [0.25, 0.3) is 0 Å². The number of hydrogen-bond donors (Lipinski definition) is 1. The molecule has 1 aromatic rings. The van der Waals surface area contributed by atoms with E-state index in [0.29, 0.717) is 18.6 Å². The van der Waals surface area contributed by atoms with Crippen LogP contribution in [0.5, 0.6) is 0 Å². The van der Waals surface area contributed by atoms with E-state index in [-0.39, 0.29) is 0 Å². The number of hydrogen-bond acceptors (Lipinski definition) is 2. The van der Waals surface area contributed by atoms with E-state index in [9.17, 15) is 0 Å². The Bertz CT molecular complexity index is 371. The van der Waals surface area contributed by atoms with E-state index in [1.165, 1.54) is 43.5 Å². The smallest absolute Gasteiger partial charge is 0.0460 e. The van der Waals surface area contributed by atoms with Crippen LogP contribution in [0.4, 0.5) is 5.69 Å². The van der Waals surface area contributed by atoms with Crippen LogP contribution < -0.4 is 4.90 Å². The summed E-state index contributed by atoms with van der Waals surface area (Å²) >= 11 is 0. The molecule has 3 rings (SSSR count). The summed E-state index contributed by atoms with van der Waals surface area (Å²) in [7, 11) is 0. The van der Waals surface area contributed by atoms with Crippen LogP contribution in [0.15, 0.2) is 24.3 Å². The van der Waals surface area contributed by atoms with E-state index in [4.69, 9.17) is 5.11 Å². The number of anilines is 1. The van der Waals surface area contributed by atoms with Crippen molar-refractivity contribution < 1.29 is 5.11 Å². The molecule has 0 spiro atoms. The SMILES string of the molecule is OCC1CC(N2CCCc3ccccc32)C1. The van der Waals surface area contributed by atoms with Crippen LogP contribution in [0, 0.1) is 5.92 Å². The zero-order chi connectivity index (χ0) is 11.0. The normalized spacial score (nSPS) is 28.4. The third-order valence-electron chi connectivity index (χ3n) is 4.06. The second kappa shape index (κ2) is 4.10. The molecule has 1 saturated carbocycles. The molecule has 2 nitrogen and oxygen atoms in total. The van der Waals surface area contributed by atoms with Gasteiger partial charge in [0.05, 0.1) is 0 Å². The monoisotopic (exact) mass is 217 g/mol. The van der Waals surface area contributed by atoms with Gasteiger partial charge in [-0.05, 0) is 43.2 Å². The minimum atomic E-state index is 0.367. The summed E-state index contributed by atoms with van der Waals surface area (Å²) in [6, 6.07) is 9.46. The Morgan fingerprint density at radius 3 is 2.88 bits per heavy atom. The highest BCUT2D eigenvalue weighted by molar-refractivity contribution is 5.56. The Morgan fingerprint density at radius 1 is 1.25 bits per heavy atom. The largest absolute Gasteiger partial charge is 0.396 e. The number of fused-ring (bicyclic) bond motifs is 1. The van der Waals surface area contributed by atoms with Gasteiger partial charge in [0.1, 0.15) is 0 Å². The molecular weight excluding hydrogens is 198 g/mol. The number of aryl methyl sites for hydroxylation is 1. The molecule has 0 unspecified atom stereocenters. The molecular formula is C14H19NO. The van der Waals surface area contributed by atoms with Crippen LogP contribution >= 0.6 is 0 Å². The lowest BCUT2D eigenvalue weighted by Gasteiger charge is -2.46. The summed E-state index contributed by atoms with van der Waals surface area (Å²) in [4.78, 5) is 2.56. The van der Waals surface area contributed by atoms with Crippen LogP contribution in [0.1, 0.15) is 24.8 Å². The third kappa shape index (κ3) is 1.61. The lowest BCUT2D eigenvalue weighted by Crippen LogP contribution is -2.47. The van der Waals surface area contributed by atoms with Crippen molar-refractivity contribution in [1.29, 1.82) is 0 Å². The van der Waals surface area contributed by atoms with E-state index in [1.54, 1.807) is 0 Å². The summed E-state index contributed by atoms with van der Waals surface area (Å²) in [6.07, 6.45) is 4.84. The first-order valence-corrected chi connectivity index (χ1v) is 6.34. The molecule has 0 bridgehead atoms. The predicted molar refractivity (Wildman–Crippen MR) is 65.7 cm³/mol. The van der Waals surface area contributed by atoms with Gasteiger partial charge >= 0.3 is 0 Å². The predicted octanol–water partition coefficient (Wildman–Crippen LogP) is 2.21. The molecule has 2 heteroatoms. The van der Waals surface area contributed by atoms with Crippen molar-refractivity contribution >= 4 is 5.69 Å². The van der Waals surface area contributed by atoms with E-state index >= 15 is 0 Å². The first kappa shape index (κ1) is 10.2. The average Bonchev–Trinajstić information content (AvgIpc) is 2.28. The molecule has 1 aromatic carbocycles. The highest BCUT2D eigenvalue weighted by Crippen LogP contribution is 2.37. The van der Waals surface area contributed by atoms with Gasteiger partial charge in [-0.2, -0.15) is 0 Å². The Morgan fingerprint density at radius 2 is 2.06 bits per heavy atom. The zero-order valence-corrected chi connectivity index (χ0v) is 9.60. The zero-order valence-electron chi connectivity index (χ0n) is 9.60. The number of benzene rings is 1. The van der Waals surface area contributed by atoms with Gasteiger partial charge in [0.2, 0.25) is 0 Å². The van der Waals surface area contributed by atoms with Crippen molar-refractivity contribution in [2.75, 3.05) is 18.1 Å². The number of nitrogens with zero attached hydrogens (tertiary/aromatic N) is 1. The van der Waals surface area contributed by atoms with Gasteiger partial charge in [0, 0.05) is 24.9 Å². The Kier molecular flexibility index (Phi) is 2.60. The summed E-state index contributed by atoms with van der Waals surface area (Å²) < 4.78 is 0. The molecule has 1 aliphatic carbocycles. The molecule has 86 valence electrons. The highest BCUT2D eigenvalue weighted by Gasteiger charge is 2.34. The van der Waals surface area contributed by atoms with Crippen LogP contribution in [-0.4, -0.2) is 24.3 Å². The minimum absolute atomic E-state index is 0.367. The number of para-hydroxylation sites is 1. The van der Waals surface area contributed by atoms with Crippen molar-refractivity contribution in [1.82, 2.24) is 0 Å². The standard InChI is InChI=1S/C14H19NO/c16-10-11-8-13(9-11)15-7-3-5-12-4-1-2-6-14(12)15/h1-2,4,6,11,13,16H,3,5,7-10H2. The van der Waals surface area contributed by atoms with Crippen LogP contribution in [0.3, 0.4) is 0 Å². The van der Waals surface area contributed by atoms with E-state index in [1.807, 2.05) is 0 Å². The molecule has 0 aromatic heterocycles. The Labute approximate surface area is 96.9 Å². The molecule has 0 saturated heterocycles. The molecule has 1 heterocycles. The maximum atomic E-state index is 9.08. The quantitative estimate of drug-likeness (QED) is 0.821. The first-order valence-electron chi connectivity index (χ1n) is 6.34. The van der Waals surface area contributed by atoms with Crippen molar-refractivity contribution in [3.63, 3.8) is 0 Å². The fraction of sp³-hybridized carbons (Fsp3) is 0.571. The van der Waals surface area contributed by atoms with Gasteiger partial charge in [0.15, 0.2) is 0 Å². The van der Waals surface area contributed by atoms with Crippen LogP contribution in [0.2, 0.25) is 0 Å². The molecule has 2 aliphatic rings.